The van der Waals surface area contributed by atoms with Crippen LogP contribution in [0.5, 0.6) is 0 Å². The highest BCUT2D eigenvalue weighted by molar-refractivity contribution is 7.22. The third-order valence-electron chi connectivity index (χ3n) is 4.96. The van der Waals surface area contributed by atoms with E-state index in [2.05, 4.69) is 26.5 Å². The number of aromatic nitrogens is 3. The Morgan fingerprint density at radius 1 is 1.20 bits per heavy atom. The van der Waals surface area contributed by atoms with E-state index in [1.165, 1.54) is 0 Å². The molecule has 2 aromatic heterocycles. The standard InChI is InChI=1S/C17H18N6OS/c24-16-14-10-18-3-4-22(14)5-6-23(16)17-21-13-2-1-11(7-15(13)25-17)12-8-19-20-9-12/h1-2,7-9,14,18H,3-6,10H2,(H,19,20)/t14-/m1/s1. The van der Waals surface area contributed by atoms with Crippen LogP contribution in [0.1, 0.15) is 0 Å². The van der Waals surface area contributed by atoms with Gasteiger partial charge < -0.3 is 5.32 Å². The smallest absolute Gasteiger partial charge is 0.247 e. The van der Waals surface area contributed by atoms with E-state index < -0.39 is 0 Å². The largest absolute Gasteiger partial charge is 0.313 e. The van der Waals surface area contributed by atoms with Crippen molar-refractivity contribution >= 4 is 32.6 Å². The molecule has 3 aromatic rings. The molecule has 1 atom stereocenters. The Labute approximate surface area is 148 Å². The zero-order valence-corrected chi connectivity index (χ0v) is 14.4. The van der Waals surface area contributed by atoms with Gasteiger partial charge in [0.25, 0.3) is 0 Å². The molecule has 25 heavy (non-hydrogen) atoms. The summed E-state index contributed by atoms with van der Waals surface area (Å²) in [6.45, 7) is 4.25. The second-order valence-corrected chi connectivity index (χ2v) is 7.42. The lowest BCUT2D eigenvalue weighted by Crippen LogP contribution is -2.64. The number of nitrogens with one attached hydrogen (secondary N) is 2. The number of aromatic amines is 1. The second-order valence-electron chi connectivity index (χ2n) is 6.41. The normalized spacial score (nSPS) is 21.7. The summed E-state index contributed by atoms with van der Waals surface area (Å²) < 4.78 is 1.09. The number of H-pyrrole nitrogens is 1. The van der Waals surface area contributed by atoms with Gasteiger partial charge in [0.1, 0.15) is 6.04 Å². The number of hydrogen-bond acceptors (Lipinski definition) is 6. The number of rotatable bonds is 2. The first kappa shape index (κ1) is 15.0. The second kappa shape index (κ2) is 5.91. The van der Waals surface area contributed by atoms with E-state index in [1.54, 1.807) is 11.3 Å². The van der Waals surface area contributed by atoms with E-state index in [0.717, 1.165) is 52.7 Å². The highest BCUT2D eigenvalue weighted by Gasteiger charge is 2.37. The molecular formula is C17H18N6OS. The van der Waals surface area contributed by atoms with Crippen molar-refractivity contribution in [3.05, 3.63) is 30.6 Å². The van der Waals surface area contributed by atoms with Crippen LogP contribution in [0.3, 0.4) is 0 Å². The van der Waals surface area contributed by atoms with Crippen LogP contribution in [0.15, 0.2) is 30.6 Å². The van der Waals surface area contributed by atoms with Gasteiger partial charge in [0.05, 0.1) is 16.4 Å². The third kappa shape index (κ3) is 2.53. The number of nitrogens with zero attached hydrogens (tertiary/aromatic N) is 4. The maximum atomic E-state index is 12.9. The molecular weight excluding hydrogens is 336 g/mol. The Kier molecular flexibility index (Phi) is 3.54. The fraction of sp³-hybridized carbons (Fsp3) is 0.353. The van der Waals surface area contributed by atoms with Crippen LogP contribution in [0.25, 0.3) is 21.3 Å². The zero-order valence-electron chi connectivity index (χ0n) is 13.6. The minimum absolute atomic E-state index is 0.0593. The van der Waals surface area contributed by atoms with Crippen molar-refractivity contribution in [1.29, 1.82) is 0 Å². The lowest BCUT2D eigenvalue weighted by molar-refractivity contribution is -0.126. The van der Waals surface area contributed by atoms with Crippen molar-refractivity contribution in [3.63, 3.8) is 0 Å². The maximum absolute atomic E-state index is 12.9. The number of benzene rings is 1. The number of carbonyl (C=O) groups is 1. The van der Waals surface area contributed by atoms with Crippen LogP contribution in [-0.2, 0) is 4.79 Å². The van der Waals surface area contributed by atoms with Crippen LogP contribution < -0.4 is 10.2 Å². The monoisotopic (exact) mass is 354 g/mol. The number of amides is 1. The van der Waals surface area contributed by atoms with Crippen LogP contribution >= 0.6 is 11.3 Å². The lowest BCUT2D eigenvalue weighted by atomic mass is 10.1. The molecule has 1 aromatic carbocycles. The summed E-state index contributed by atoms with van der Waals surface area (Å²) in [5, 5.41) is 11.0. The third-order valence-corrected chi connectivity index (χ3v) is 6.00. The minimum Gasteiger partial charge on any atom is -0.313 e. The summed E-state index contributed by atoms with van der Waals surface area (Å²) >= 11 is 1.58. The molecule has 7 nitrogen and oxygen atoms in total. The molecule has 0 unspecified atom stereocenters. The highest BCUT2D eigenvalue weighted by Crippen LogP contribution is 2.33. The van der Waals surface area contributed by atoms with Gasteiger partial charge in [-0.15, -0.1) is 0 Å². The fourth-order valence-corrected chi connectivity index (χ4v) is 4.62. The number of thiazole rings is 1. The molecule has 4 heterocycles. The van der Waals surface area contributed by atoms with Crippen molar-refractivity contribution in [2.45, 2.75) is 6.04 Å². The summed E-state index contributed by atoms with van der Waals surface area (Å²) in [5.74, 6) is 0.160. The molecule has 0 spiro atoms. The molecule has 0 radical (unpaired) electrons. The van der Waals surface area contributed by atoms with Crippen LogP contribution in [0, 0.1) is 0 Å². The molecule has 8 heteroatoms. The predicted octanol–water partition coefficient (Wildman–Crippen LogP) is 1.31. The molecule has 0 aliphatic carbocycles. The molecule has 2 aliphatic heterocycles. The van der Waals surface area contributed by atoms with Crippen molar-refractivity contribution in [2.75, 3.05) is 37.6 Å². The minimum atomic E-state index is -0.0593. The van der Waals surface area contributed by atoms with Crippen LogP contribution in [-0.4, -0.2) is 64.8 Å². The van der Waals surface area contributed by atoms with Crippen LogP contribution in [0.4, 0.5) is 5.13 Å². The van der Waals surface area contributed by atoms with E-state index >= 15 is 0 Å². The van der Waals surface area contributed by atoms with Gasteiger partial charge in [-0.05, 0) is 17.7 Å². The van der Waals surface area contributed by atoms with Crippen molar-refractivity contribution in [1.82, 2.24) is 25.4 Å². The SMILES string of the molecule is O=C1[C@H]2CNCCN2CCN1c1nc2ccc(-c3cn[nH]c3)cc2s1. The molecule has 2 N–H and O–H groups in total. The van der Waals surface area contributed by atoms with E-state index in [0.29, 0.717) is 6.54 Å². The Balaban J connectivity index is 1.47. The molecule has 2 aliphatic rings. The molecule has 0 bridgehead atoms. The molecule has 5 rings (SSSR count). The van der Waals surface area contributed by atoms with Crippen molar-refractivity contribution in [3.8, 4) is 11.1 Å². The average molecular weight is 354 g/mol. The van der Waals surface area contributed by atoms with Gasteiger partial charge in [-0.2, -0.15) is 5.10 Å². The Hall–Kier alpha value is -2.29. The molecule has 128 valence electrons. The fourth-order valence-electron chi connectivity index (χ4n) is 3.58. The quantitative estimate of drug-likeness (QED) is 0.726. The highest BCUT2D eigenvalue weighted by atomic mass is 32.1. The summed E-state index contributed by atoms with van der Waals surface area (Å²) in [6.07, 6.45) is 3.68. The summed E-state index contributed by atoms with van der Waals surface area (Å²) in [5.41, 5.74) is 3.09. The van der Waals surface area contributed by atoms with Crippen molar-refractivity contribution < 1.29 is 4.79 Å². The zero-order chi connectivity index (χ0) is 16.8. The number of anilines is 1. The Bertz CT molecular complexity index is 921. The first-order valence-corrected chi connectivity index (χ1v) is 9.27. The van der Waals surface area contributed by atoms with Crippen LogP contribution in [0.2, 0.25) is 0 Å². The van der Waals surface area contributed by atoms with Gasteiger partial charge in [0.15, 0.2) is 5.13 Å². The number of carbonyl (C=O) groups excluding carboxylic acids is 1. The summed E-state index contributed by atoms with van der Waals surface area (Å²) in [6, 6.07) is 6.11. The average Bonchev–Trinajstić information content (AvgIpc) is 3.31. The van der Waals surface area contributed by atoms with E-state index in [-0.39, 0.29) is 11.9 Å². The van der Waals surface area contributed by atoms with Gasteiger partial charge in [-0.1, -0.05) is 17.4 Å². The number of hydrogen-bond donors (Lipinski definition) is 2. The number of fused-ring (bicyclic) bond motifs is 2. The van der Waals surface area contributed by atoms with Gasteiger partial charge >= 0.3 is 0 Å². The molecule has 0 saturated carbocycles. The molecule has 2 fully saturated rings. The first-order valence-electron chi connectivity index (χ1n) is 8.45. The first-order chi connectivity index (χ1) is 12.3. The lowest BCUT2D eigenvalue weighted by Gasteiger charge is -2.42. The Morgan fingerprint density at radius 2 is 2.16 bits per heavy atom. The Morgan fingerprint density at radius 3 is 3.04 bits per heavy atom. The topological polar surface area (TPSA) is 77.2 Å². The predicted molar refractivity (Wildman–Crippen MR) is 97.8 cm³/mol. The summed E-state index contributed by atoms with van der Waals surface area (Å²) in [4.78, 5) is 21.7. The summed E-state index contributed by atoms with van der Waals surface area (Å²) in [7, 11) is 0. The van der Waals surface area contributed by atoms with Gasteiger partial charge in [0.2, 0.25) is 5.91 Å². The molecule has 1 amide bonds. The number of piperazine rings is 2. The van der Waals surface area contributed by atoms with E-state index in [1.807, 2.05) is 29.4 Å². The maximum Gasteiger partial charge on any atom is 0.247 e. The van der Waals surface area contributed by atoms with Gasteiger partial charge in [-0.3, -0.25) is 19.7 Å². The van der Waals surface area contributed by atoms with Crippen molar-refractivity contribution in [2.24, 2.45) is 0 Å². The molecule has 2 saturated heterocycles. The van der Waals surface area contributed by atoms with E-state index in [4.69, 9.17) is 4.98 Å². The van der Waals surface area contributed by atoms with E-state index in [9.17, 15) is 4.79 Å². The van der Waals surface area contributed by atoms with Gasteiger partial charge in [-0.25, -0.2) is 4.98 Å². The van der Waals surface area contributed by atoms with Gasteiger partial charge in [0, 0.05) is 44.5 Å².